The van der Waals surface area contributed by atoms with Gasteiger partial charge in [0.25, 0.3) is 0 Å². The van der Waals surface area contributed by atoms with E-state index in [1.165, 1.54) is 0 Å². The van der Waals surface area contributed by atoms with Crippen LogP contribution < -0.4 is 4.90 Å². The van der Waals surface area contributed by atoms with Crippen LogP contribution in [0.4, 0.5) is 5.69 Å². The second-order valence-electron chi connectivity index (χ2n) is 5.29. The van der Waals surface area contributed by atoms with Crippen LogP contribution >= 0.6 is 0 Å². The fraction of sp³-hybridized carbons (Fsp3) is 0.533. The average Bonchev–Trinajstić information content (AvgIpc) is 2.36. The summed E-state index contributed by atoms with van der Waals surface area (Å²) in [6.07, 6.45) is 0.800. The van der Waals surface area contributed by atoms with Crippen LogP contribution in [0.15, 0.2) is 24.3 Å². The SMILES string of the molecule is CCC(C)(C(=O)c1ccc(N(C)C)cc1)N(C)C. The Balaban J connectivity index is 3.03. The van der Waals surface area contributed by atoms with Crippen LogP contribution in [0.3, 0.4) is 0 Å². The number of nitrogens with zero attached hydrogens (tertiary/aromatic N) is 2. The highest BCUT2D eigenvalue weighted by atomic mass is 16.1. The molecule has 0 radical (unpaired) electrons. The molecule has 0 aromatic heterocycles. The Morgan fingerprint density at radius 3 is 1.94 bits per heavy atom. The second kappa shape index (κ2) is 5.53. The van der Waals surface area contributed by atoms with Gasteiger partial charge in [-0.3, -0.25) is 9.69 Å². The number of carbonyl (C=O) groups excluding carboxylic acids is 1. The summed E-state index contributed by atoms with van der Waals surface area (Å²) in [6.45, 7) is 4.04. The molecule has 0 bridgehead atoms. The van der Waals surface area contributed by atoms with E-state index >= 15 is 0 Å². The molecule has 3 nitrogen and oxygen atoms in total. The molecule has 0 spiro atoms. The lowest BCUT2D eigenvalue weighted by atomic mass is 9.87. The number of hydrogen-bond donors (Lipinski definition) is 0. The van der Waals surface area contributed by atoms with Crippen molar-refractivity contribution in [3.8, 4) is 0 Å². The summed E-state index contributed by atoms with van der Waals surface area (Å²) in [5.41, 5.74) is 1.45. The van der Waals surface area contributed by atoms with Crippen molar-refractivity contribution in [3.05, 3.63) is 29.8 Å². The van der Waals surface area contributed by atoms with Crippen LogP contribution in [0.2, 0.25) is 0 Å². The molecule has 0 heterocycles. The predicted octanol–water partition coefficient (Wildman–Crippen LogP) is 2.67. The van der Waals surface area contributed by atoms with E-state index < -0.39 is 5.54 Å². The Hall–Kier alpha value is -1.35. The van der Waals surface area contributed by atoms with Crippen LogP contribution in [-0.4, -0.2) is 44.4 Å². The average molecular weight is 248 g/mol. The Kier molecular flexibility index (Phi) is 4.52. The van der Waals surface area contributed by atoms with Gasteiger partial charge in [0, 0.05) is 25.3 Å². The zero-order chi connectivity index (χ0) is 13.9. The molecule has 0 aliphatic heterocycles. The Labute approximate surface area is 110 Å². The topological polar surface area (TPSA) is 23.6 Å². The number of benzene rings is 1. The van der Waals surface area contributed by atoms with E-state index in [0.29, 0.717) is 0 Å². The van der Waals surface area contributed by atoms with Gasteiger partial charge in [-0.2, -0.15) is 0 Å². The van der Waals surface area contributed by atoms with E-state index in [-0.39, 0.29) is 5.78 Å². The fourth-order valence-electron chi connectivity index (χ4n) is 1.90. The van der Waals surface area contributed by atoms with Crippen LogP contribution in [0.5, 0.6) is 0 Å². The highest BCUT2D eigenvalue weighted by Crippen LogP contribution is 2.23. The minimum atomic E-state index is -0.431. The molecular formula is C15H24N2O. The van der Waals surface area contributed by atoms with E-state index in [1.54, 1.807) is 0 Å². The van der Waals surface area contributed by atoms with Crippen molar-refractivity contribution in [2.75, 3.05) is 33.1 Å². The molecule has 1 rings (SSSR count). The third-order valence-corrected chi connectivity index (χ3v) is 3.81. The first-order valence-electron chi connectivity index (χ1n) is 6.32. The van der Waals surface area contributed by atoms with Crippen molar-refractivity contribution in [2.45, 2.75) is 25.8 Å². The van der Waals surface area contributed by atoms with Crippen LogP contribution in [0.1, 0.15) is 30.6 Å². The molecule has 1 atom stereocenters. The summed E-state index contributed by atoms with van der Waals surface area (Å²) in [5.74, 6) is 0.181. The number of ketones is 1. The van der Waals surface area contributed by atoms with E-state index in [1.807, 2.05) is 76.1 Å². The van der Waals surface area contributed by atoms with E-state index in [9.17, 15) is 4.79 Å². The van der Waals surface area contributed by atoms with Crippen molar-refractivity contribution in [1.82, 2.24) is 4.90 Å². The summed E-state index contributed by atoms with van der Waals surface area (Å²) in [5, 5.41) is 0. The number of likely N-dealkylation sites (N-methyl/N-ethyl adjacent to an activating group) is 1. The van der Waals surface area contributed by atoms with Gasteiger partial charge in [0.05, 0.1) is 5.54 Å². The summed E-state index contributed by atoms with van der Waals surface area (Å²) in [4.78, 5) is 16.6. The van der Waals surface area contributed by atoms with Crippen molar-refractivity contribution in [2.24, 2.45) is 0 Å². The first kappa shape index (κ1) is 14.7. The van der Waals surface area contributed by atoms with Gasteiger partial charge in [-0.15, -0.1) is 0 Å². The molecule has 0 fully saturated rings. The molecule has 0 saturated heterocycles. The minimum absolute atomic E-state index is 0.181. The summed E-state index contributed by atoms with van der Waals surface area (Å²) in [7, 11) is 7.89. The van der Waals surface area contributed by atoms with Crippen LogP contribution in [-0.2, 0) is 0 Å². The largest absolute Gasteiger partial charge is 0.378 e. The molecule has 3 heteroatoms. The number of anilines is 1. The highest BCUT2D eigenvalue weighted by Gasteiger charge is 2.34. The third kappa shape index (κ3) is 2.72. The summed E-state index contributed by atoms with van der Waals surface area (Å²) < 4.78 is 0. The molecule has 0 aliphatic carbocycles. The summed E-state index contributed by atoms with van der Waals surface area (Å²) >= 11 is 0. The summed E-state index contributed by atoms with van der Waals surface area (Å²) in [6, 6.07) is 7.79. The van der Waals surface area contributed by atoms with Crippen LogP contribution in [0.25, 0.3) is 0 Å². The van der Waals surface area contributed by atoms with Gasteiger partial charge in [-0.25, -0.2) is 0 Å². The fourth-order valence-corrected chi connectivity index (χ4v) is 1.90. The van der Waals surface area contributed by atoms with Gasteiger partial charge >= 0.3 is 0 Å². The maximum Gasteiger partial charge on any atom is 0.182 e. The van der Waals surface area contributed by atoms with Crippen molar-refractivity contribution >= 4 is 11.5 Å². The normalized spacial score (nSPS) is 14.4. The smallest absolute Gasteiger partial charge is 0.182 e. The maximum atomic E-state index is 12.6. The van der Waals surface area contributed by atoms with Gasteiger partial charge in [0.15, 0.2) is 5.78 Å². The van der Waals surface area contributed by atoms with E-state index in [4.69, 9.17) is 0 Å². The molecule has 0 saturated carbocycles. The molecule has 1 aromatic rings. The van der Waals surface area contributed by atoms with E-state index in [2.05, 4.69) is 0 Å². The lowest BCUT2D eigenvalue weighted by Gasteiger charge is -2.34. The van der Waals surface area contributed by atoms with Crippen molar-refractivity contribution in [3.63, 3.8) is 0 Å². The van der Waals surface area contributed by atoms with Gasteiger partial charge in [-0.1, -0.05) is 6.92 Å². The van der Waals surface area contributed by atoms with Crippen LogP contribution in [0, 0.1) is 0 Å². The highest BCUT2D eigenvalue weighted by molar-refractivity contribution is 6.03. The van der Waals surface area contributed by atoms with Gasteiger partial charge in [0.2, 0.25) is 0 Å². The number of hydrogen-bond acceptors (Lipinski definition) is 3. The van der Waals surface area contributed by atoms with Gasteiger partial charge < -0.3 is 4.90 Å². The van der Waals surface area contributed by atoms with Crippen molar-refractivity contribution in [1.29, 1.82) is 0 Å². The molecule has 18 heavy (non-hydrogen) atoms. The predicted molar refractivity (Wildman–Crippen MR) is 77.5 cm³/mol. The minimum Gasteiger partial charge on any atom is -0.378 e. The number of Topliss-reactive ketones (excluding diaryl/α,β-unsaturated/α-hetero) is 1. The molecule has 0 N–H and O–H groups in total. The first-order valence-corrected chi connectivity index (χ1v) is 6.32. The number of carbonyl (C=O) groups is 1. The lowest BCUT2D eigenvalue weighted by Crippen LogP contribution is -2.48. The number of rotatable bonds is 5. The standard InChI is InChI=1S/C15H24N2O/c1-7-15(2,17(5)6)14(18)12-8-10-13(11-9-12)16(3)4/h8-11H,7H2,1-6H3. The van der Waals surface area contributed by atoms with Gasteiger partial charge in [0.1, 0.15) is 0 Å². The molecule has 0 amide bonds. The van der Waals surface area contributed by atoms with E-state index in [0.717, 1.165) is 17.7 Å². The third-order valence-electron chi connectivity index (χ3n) is 3.81. The zero-order valence-electron chi connectivity index (χ0n) is 12.3. The zero-order valence-corrected chi connectivity index (χ0v) is 12.3. The lowest BCUT2D eigenvalue weighted by molar-refractivity contribution is 0.0710. The Morgan fingerprint density at radius 1 is 1.11 bits per heavy atom. The van der Waals surface area contributed by atoms with Crippen molar-refractivity contribution < 1.29 is 4.79 Å². The maximum absolute atomic E-state index is 12.6. The molecular weight excluding hydrogens is 224 g/mol. The quantitative estimate of drug-likeness (QED) is 0.748. The monoisotopic (exact) mass is 248 g/mol. The molecule has 100 valence electrons. The Bertz CT molecular complexity index is 409. The molecule has 1 aromatic carbocycles. The molecule has 0 aliphatic rings. The first-order chi connectivity index (χ1) is 8.32. The Morgan fingerprint density at radius 2 is 1.61 bits per heavy atom. The van der Waals surface area contributed by atoms with Gasteiger partial charge in [-0.05, 0) is 51.7 Å². The second-order valence-corrected chi connectivity index (χ2v) is 5.29. The molecule has 1 unspecified atom stereocenters.